The van der Waals surface area contributed by atoms with E-state index in [1.54, 1.807) is 13.2 Å². The fourth-order valence-electron chi connectivity index (χ4n) is 7.51. The molecule has 8 heteroatoms. The molecule has 0 spiro atoms. The number of methoxy groups -OCH3 is 1. The first-order valence-electron chi connectivity index (χ1n) is 14.5. The SMILES string of the molecule is COc1ccc([C@@H]2C=C3c4c(ccc5ccccc45)OC(=O)[C@@H]3[C@H]3C(=O)N(c4sc5c(c4C#N)CCCC5)C(=O)[C@H]32)cc1. The van der Waals surface area contributed by atoms with Crippen LogP contribution in [0.2, 0.25) is 0 Å². The zero-order valence-electron chi connectivity index (χ0n) is 23.3. The first kappa shape index (κ1) is 25.9. The summed E-state index contributed by atoms with van der Waals surface area (Å²) < 4.78 is 11.3. The van der Waals surface area contributed by atoms with E-state index in [1.807, 2.05) is 60.7 Å². The Balaban J connectivity index is 1.34. The number of aryl methyl sites for hydroxylation is 1. The normalized spacial score (nSPS) is 24.0. The monoisotopic (exact) mass is 586 g/mol. The van der Waals surface area contributed by atoms with Crippen LogP contribution in [0.25, 0.3) is 16.3 Å². The molecule has 4 atom stereocenters. The van der Waals surface area contributed by atoms with E-state index < -0.39 is 35.5 Å². The second-order valence-electron chi connectivity index (χ2n) is 11.5. The number of hydrogen-bond donors (Lipinski definition) is 0. The summed E-state index contributed by atoms with van der Waals surface area (Å²) in [5.41, 5.74) is 3.70. The van der Waals surface area contributed by atoms with Gasteiger partial charge in [-0.15, -0.1) is 11.3 Å². The minimum Gasteiger partial charge on any atom is -0.497 e. The molecule has 0 N–H and O–H groups in total. The van der Waals surface area contributed by atoms with Gasteiger partial charge < -0.3 is 9.47 Å². The molecule has 0 radical (unpaired) electrons. The van der Waals surface area contributed by atoms with Crippen molar-refractivity contribution in [1.82, 2.24) is 0 Å². The summed E-state index contributed by atoms with van der Waals surface area (Å²) >= 11 is 1.37. The number of carbonyl (C=O) groups excluding carboxylic acids is 3. The Kier molecular flexibility index (Phi) is 5.82. The lowest BCUT2D eigenvalue weighted by Crippen LogP contribution is -2.42. The highest BCUT2D eigenvalue weighted by Crippen LogP contribution is 2.57. The summed E-state index contributed by atoms with van der Waals surface area (Å²) in [7, 11) is 1.60. The summed E-state index contributed by atoms with van der Waals surface area (Å²) in [6.45, 7) is 0. The van der Waals surface area contributed by atoms with Crippen LogP contribution in [-0.2, 0) is 27.2 Å². The second kappa shape index (κ2) is 9.65. The lowest BCUT2D eigenvalue weighted by Gasteiger charge is -2.38. The van der Waals surface area contributed by atoms with E-state index in [0.29, 0.717) is 27.6 Å². The molecule has 1 aromatic heterocycles. The van der Waals surface area contributed by atoms with Gasteiger partial charge in [0.15, 0.2) is 0 Å². The van der Waals surface area contributed by atoms with Gasteiger partial charge in [0.25, 0.3) is 0 Å². The maximum atomic E-state index is 14.5. The van der Waals surface area contributed by atoms with Gasteiger partial charge in [-0.1, -0.05) is 48.5 Å². The molecule has 0 saturated carbocycles. The molecule has 4 aliphatic rings. The Morgan fingerprint density at radius 3 is 2.51 bits per heavy atom. The third-order valence-electron chi connectivity index (χ3n) is 9.45. The highest BCUT2D eigenvalue weighted by molar-refractivity contribution is 7.17. The zero-order valence-corrected chi connectivity index (χ0v) is 24.1. The Bertz CT molecular complexity index is 1950. The van der Waals surface area contributed by atoms with Gasteiger partial charge in [-0.3, -0.25) is 14.4 Å². The molecular formula is C35H26N2O5S. The molecule has 2 aliphatic carbocycles. The average molecular weight is 587 g/mol. The first-order valence-corrected chi connectivity index (χ1v) is 15.3. The van der Waals surface area contributed by atoms with Crippen LogP contribution < -0.4 is 14.4 Å². The number of esters is 1. The van der Waals surface area contributed by atoms with Crippen LogP contribution in [0.5, 0.6) is 11.5 Å². The fraction of sp³-hybridized carbons (Fsp3) is 0.257. The lowest BCUT2D eigenvalue weighted by molar-refractivity contribution is -0.142. The van der Waals surface area contributed by atoms with Crippen LogP contribution in [0.3, 0.4) is 0 Å². The molecule has 8 rings (SSSR count). The Labute approximate surface area is 251 Å². The van der Waals surface area contributed by atoms with Crippen LogP contribution in [0.4, 0.5) is 5.00 Å². The fourth-order valence-corrected chi connectivity index (χ4v) is 8.86. The van der Waals surface area contributed by atoms with Crippen LogP contribution in [0, 0.1) is 29.1 Å². The zero-order chi connectivity index (χ0) is 29.4. The number of nitrogens with zero attached hydrogens (tertiary/aromatic N) is 2. The maximum Gasteiger partial charge on any atom is 0.319 e. The third kappa shape index (κ3) is 3.68. The van der Waals surface area contributed by atoms with Crippen LogP contribution in [0.1, 0.15) is 45.9 Å². The van der Waals surface area contributed by atoms with Crippen molar-refractivity contribution < 1.29 is 23.9 Å². The third-order valence-corrected chi connectivity index (χ3v) is 10.7. The summed E-state index contributed by atoms with van der Waals surface area (Å²) in [6.07, 6.45) is 5.57. The van der Waals surface area contributed by atoms with Crippen LogP contribution in [0.15, 0.2) is 66.7 Å². The number of anilines is 1. The topological polar surface area (TPSA) is 96.7 Å². The summed E-state index contributed by atoms with van der Waals surface area (Å²) in [6, 6.07) is 21.4. The van der Waals surface area contributed by atoms with Crippen LogP contribution in [-0.4, -0.2) is 24.9 Å². The van der Waals surface area contributed by atoms with E-state index in [4.69, 9.17) is 9.47 Å². The molecule has 1 saturated heterocycles. The van der Waals surface area contributed by atoms with E-state index in [1.165, 1.54) is 16.2 Å². The predicted octanol–water partition coefficient (Wildman–Crippen LogP) is 6.18. The number of hydrogen-bond acceptors (Lipinski definition) is 7. The standard InChI is InChI=1S/C35H26N2O5S/c1-41-20-13-10-19(11-14-20)23-16-24-28-21-7-3-2-6-18(21)12-15-26(28)42-35(40)30(24)31-29(23)32(38)37(33(31)39)34-25(17-36)22-8-4-5-9-27(22)43-34/h2-3,6-7,10-16,23,29-31H,4-5,8-9H2,1H3/t23-,29-,30-,31-/m0/s1. The van der Waals surface area contributed by atoms with Crippen molar-refractivity contribution in [3.05, 3.63) is 93.9 Å². The smallest absolute Gasteiger partial charge is 0.319 e. The highest BCUT2D eigenvalue weighted by Gasteiger charge is 2.61. The molecule has 0 unspecified atom stereocenters. The number of carbonyl (C=O) groups is 3. The maximum absolute atomic E-state index is 14.5. The van der Waals surface area contributed by atoms with Crippen molar-refractivity contribution in [3.8, 4) is 17.6 Å². The number of nitriles is 1. The molecule has 1 fully saturated rings. The molecular weight excluding hydrogens is 560 g/mol. The molecule has 212 valence electrons. The molecule has 43 heavy (non-hydrogen) atoms. The number of benzene rings is 3. The molecule has 0 bridgehead atoms. The van der Waals surface area contributed by atoms with Crippen molar-refractivity contribution in [2.24, 2.45) is 17.8 Å². The molecule has 2 amide bonds. The summed E-state index contributed by atoms with van der Waals surface area (Å²) in [4.78, 5) is 45.1. The largest absolute Gasteiger partial charge is 0.497 e. The summed E-state index contributed by atoms with van der Waals surface area (Å²) in [5.74, 6) is -3.46. The van der Waals surface area contributed by atoms with Gasteiger partial charge in [-0.05, 0) is 71.4 Å². The van der Waals surface area contributed by atoms with E-state index in [9.17, 15) is 19.6 Å². The van der Waals surface area contributed by atoms with Crippen molar-refractivity contribution in [3.63, 3.8) is 0 Å². The number of allylic oxidation sites excluding steroid dienone is 1. The number of fused-ring (bicyclic) bond motifs is 8. The average Bonchev–Trinajstić information content (AvgIpc) is 3.53. The summed E-state index contributed by atoms with van der Waals surface area (Å²) in [5, 5.41) is 12.5. The molecule has 3 heterocycles. The van der Waals surface area contributed by atoms with Crippen molar-refractivity contribution in [2.45, 2.75) is 31.6 Å². The lowest BCUT2D eigenvalue weighted by atomic mass is 9.64. The predicted molar refractivity (Wildman–Crippen MR) is 162 cm³/mol. The van der Waals surface area contributed by atoms with Gasteiger partial charge in [-0.25, -0.2) is 4.90 Å². The van der Waals surface area contributed by atoms with Crippen LogP contribution >= 0.6 is 11.3 Å². The van der Waals surface area contributed by atoms with Crippen molar-refractivity contribution >= 4 is 50.5 Å². The number of rotatable bonds is 3. The number of thiophene rings is 1. The highest BCUT2D eigenvalue weighted by atomic mass is 32.1. The van der Waals surface area contributed by atoms with Gasteiger partial charge >= 0.3 is 5.97 Å². The Hall–Kier alpha value is -4.74. The van der Waals surface area contributed by atoms with E-state index in [0.717, 1.165) is 58.0 Å². The van der Waals surface area contributed by atoms with Crippen molar-refractivity contribution in [1.29, 1.82) is 5.26 Å². The number of ether oxygens (including phenoxy) is 2. The van der Waals surface area contributed by atoms with Gasteiger partial charge in [0.1, 0.15) is 22.6 Å². The Morgan fingerprint density at radius 1 is 0.953 bits per heavy atom. The van der Waals surface area contributed by atoms with Crippen molar-refractivity contribution in [2.75, 3.05) is 12.0 Å². The second-order valence-corrected chi connectivity index (χ2v) is 12.6. The minimum atomic E-state index is -0.968. The Morgan fingerprint density at radius 2 is 1.72 bits per heavy atom. The molecule has 3 aromatic carbocycles. The quantitative estimate of drug-likeness (QED) is 0.162. The molecule has 7 nitrogen and oxygen atoms in total. The number of amides is 2. The molecule has 4 aromatic rings. The minimum absolute atomic E-state index is 0.377. The van der Waals surface area contributed by atoms with E-state index in [2.05, 4.69) is 6.07 Å². The molecule has 2 aliphatic heterocycles. The number of imide groups is 1. The van der Waals surface area contributed by atoms with Gasteiger partial charge in [0, 0.05) is 16.4 Å². The van der Waals surface area contributed by atoms with E-state index in [-0.39, 0.29) is 5.91 Å². The van der Waals surface area contributed by atoms with Gasteiger partial charge in [-0.2, -0.15) is 5.26 Å². The van der Waals surface area contributed by atoms with E-state index >= 15 is 0 Å². The van der Waals surface area contributed by atoms with Gasteiger partial charge in [0.2, 0.25) is 11.8 Å². The first-order chi connectivity index (χ1) is 21.0. The van der Waals surface area contributed by atoms with Gasteiger partial charge in [0.05, 0.1) is 30.4 Å².